The third-order valence-corrected chi connectivity index (χ3v) is 4.50. The summed E-state index contributed by atoms with van der Waals surface area (Å²) in [5, 5.41) is 2.91. The van der Waals surface area contributed by atoms with Crippen LogP contribution in [0.3, 0.4) is 0 Å². The molecule has 0 heterocycles. The topological polar surface area (TPSA) is 55.4 Å². The van der Waals surface area contributed by atoms with Crippen molar-refractivity contribution >= 4 is 17.4 Å². The van der Waals surface area contributed by atoms with Crippen LogP contribution in [-0.4, -0.2) is 18.8 Å². The fourth-order valence-electron chi connectivity index (χ4n) is 2.76. The number of nitrogens with one attached hydrogen (secondary N) is 1. The smallest absolute Gasteiger partial charge is 0.227 e. The van der Waals surface area contributed by atoms with Crippen LogP contribution >= 0.6 is 0 Å². The van der Waals surface area contributed by atoms with E-state index in [0.717, 1.165) is 12.8 Å². The Morgan fingerprint density at radius 1 is 1.08 bits per heavy atom. The molecule has 4 nitrogen and oxygen atoms in total. The van der Waals surface area contributed by atoms with E-state index in [1.165, 1.54) is 0 Å². The Balaban J connectivity index is 1.85. The fourth-order valence-corrected chi connectivity index (χ4v) is 2.76. The largest absolute Gasteiger partial charge is 0.495 e. The lowest BCUT2D eigenvalue weighted by atomic mass is 10.0. The van der Waals surface area contributed by atoms with Gasteiger partial charge in [0, 0.05) is 17.0 Å². The number of methoxy groups -OCH3 is 1. The minimum Gasteiger partial charge on any atom is -0.495 e. The second-order valence-corrected chi connectivity index (χ2v) is 6.23. The van der Waals surface area contributed by atoms with Crippen LogP contribution in [0.4, 0.5) is 5.69 Å². The molecule has 0 aromatic heterocycles. The molecule has 4 heteroatoms. The lowest BCUT2D eigenvalue weighted by molar-refractivity contribution is -0.119. The van der Waals surface area contributed by atoms with Gasteiger partial charge in [-0.05, 0) is 37.0 Å². The summed E-state index contributed by atoms with van der Waals surface area (Å²) in [7, 11) is 1.55. The maximum Gasteiger partial charge on any atom is 0.227 e. The molecule has 2 aromatic rings. The van der Waals surface area contributed by atoms with E-state index < -0.39 is 0 Å². The second kappa shape index (κ2) is 6.87. The number of benzene rings is 2. The molecule has 0 radical (unpaired) electrons. The third-order valence-electron chi connectivity index (χ3n) is 4.50. The highest BCUT2D eigenvalue weighted by Crippen LogP contribution is 2.37. The molecule has 3 rings (SSSR count). The summed E-state index contributed by atoms with van der Waals surface area (Å²) in [6, 6.07) is 14.2. The van der Waals surface area contributed by atoms with Crippen LogP contribution in [0.25, 0.3) is 0 Å². The zero-order valence-corrected chi connectivity index (χ0v) is 13.9. The average molecular weight is 323 g/mol. The van der Waals surface area contributed by atoms with E-state index in [-0.39, 0.29) is 17.6 Å². The van der Waals surface area contributed by atoms with Crippen LogP contribution in [0, 0.1) is 11.8 Å². The fraction of sp³-hybridized carbons (Fsp3) is 0.300. The average Bonchev–Trinajstić information content (AvgIpc) is 3.46. The molecule has 0 saturated heterocycles. The van der Waals surface area contributed by atoms with Gasteiger partial charge in [-0.25, -0.2) is 0 Å². The van der Waals surface area contributed by atoms with Crippen molar-refractivity contribution in [1.82, 2.24) is 0 Å². The van der Waals surface area contributed by atoms with Crippen LogP contribution in [0.5, 0.6) is 5.75 Å². The van der Waals surface area contributed by atoms with E-state index >= 15 is 0 Å². The Bertz CT molecular complexity index is 751. The van der Waals surface area contributed by atoms with E-state index in [1.807, 2.05) is 25.1 Å². The molecule has 24 heavy (non-hydrogen) atoms. The molecule has 124 valence electrons. The van der Waals surface area contributed by atoms with Crippen molar-refractivity contribution in [2.45, 2.75) is 19.8 Å². The molecule has 2 aromatic carbocycles. The number of ether oxygens (including phenoxy) is 1. The SMILES string of the molecule is COc1ccc(C(=O)c2ccccc2)cc1NC(=O)C(C)C1CC1. The van der Waals surface area contributed by atoms with Gasteiger partial charge in [0.2, 0.25) is 5.91 Å². The first-order valence-electron chi connectivity index (χ1n) is 8.19. The normalized spacial score (nSPS) is 14.8. The number of carbonyl (C=O) groups is 2. The second-order valence-electron chi connectivity index (χ2n) is 6.23. The maximum absolute atomic E-state index is 12.6. The van der Waals surface area contributed by atoms with E-state index in [2.05, 4.69) is 5.32 Å². The van der Waals surface area contributed by atoms with Gasteiger partial charge in [0.05, 0.1) is 12.8 Å². The van der Waals surface area contributed by atoms with E-state index in [1.54, 1.807) is 37.4 Å². The molecule has 1 fully saturated rings. The highest BCUT2D eigenvalue weighted by molar-refractivity contribution is 6.10. The number of hydrogen-bond donors (Lipinski definition) is 1. The van der Waals surface area contributed by atoms with Gasteiger partial charge in [0.25, 0.3) is 0 Å². The van der Waals surface area contributed by atoms with Crippen molar-refractivity contribution in [3.05, 3.63) is 59.7 Å². The Morgan fingerprint density at radius 3 is 2.42 bits per heavy atom. The first-order valence-corrected chi connectivity index (χ1v) is 8.19. The summed E-state index contributed by atoms with van der Waals surface area (Å²) in [4.78, 5) is 24.9. The molecule has 0 aliphatic heterocycles. The third kappa shape index (κ3) is 3.48. The Hall–Kier alpha value is -2.62. The summed E-state index contributed by atoms with van der Waals surface area (Å²) in [5.74, 6) is 0.897. The van der Waals surface area contributed by atoms with Crippen LogP contribution in [0.1, 0.15) is 35.7 Å². The molecule has 1 N–H and O–H groups in total. The van der Waals surface area contributed by atoms with Crippen molar-refractivity contribution in [3.8, 4) is 5.75 Å². The predicted molar refractivity (Wildman–Crippen MR) is 93.4 cm³/mol. The Kier molecular flexibility index (Phi) is 4.65. The van der Waals surface area contributed by atoms with Gasteiger partial charge in [-0.2, -0.15) is 0 Å². The lowest BCUT2D eigenvalue weighted by Gasteiger charge is -2.15. The van der Waals surface area contributed by atoms with E-state index in [4.69, 9.17) is 4.74 Å². The van der Waals surface area contributed by atoms with Gasteiger partial charge in [0.15, 0.2) is 5.78 Å². The van der Waals surface area contributed by atoms with Crippen LogP contribution in [-0.2, 0) is 4.79 Å². The summed E-state index contributed by atoms with van der Waals surface area (Å²) in [5.41, 5.74) is 1.68. The number of hydrogen-bond acceptors (Lipinski definition) is 3. The number of ketones is 1. The van der Waals surface area contributed by atoms with Crippen molar-refractivity contribution in [1.29, 1.82) is 0 Å². The van der Waals surface area contributed by atoms with Gasteiger partial charge < -0.3 is 10.1 Å². The van der Waals surface area contributed by atoms with Crippen molar-refractivity contribution in [3.63, 3.8) is 0 Å². The van der Waals surface area contributed by atoms with E-state index in [0.29, 0.717) is 28.5 Å². The number of amides is 1. The molecule has 1 atom stereocenters. The van der Waals surface area contributed by atoms with Crippen LogP contribution in [0.2, 0.25) is 0 Å². The first kappa shape index (κ1) is 16.2. The molecular weight excluding hydrogens is 302 g/mol. The van der Waals surface area contributed by atoms with Gasteiger partial charge >= 0.3 is 0 Å². The van der Waals surface area contributed by atoms with Crippen molar-refractivity contribution < 1.29 is 14.3 Å². The minimum absolute atomic E-state index is 0.0248. The van der Waals surface area contributed by atoms with Crippen LogP contribution < -0.4 is 10.1 Å². The van der Waals surface area contributed by atoms with E-state index in [9.17, 15) is 9.59 Å². The predicted octanol–water partition coefficient (Wildman–Crippen LogP) is 3.91. The summed E-state index contributed by atoms with van der Waals surface area (Å²) in [6.45, 7) is 1.94. The van der Waals surface area contributed by atoms with Gasteiger partial charge in [-0.15, -0.1) is 0 Å². The molecule has 1 saturated carbocycles. The Morgan fingerprint density at radius 2 is 1.79 bits per heavy atom. The molecule has 0 bridgehead atoms. The number of carbonyl (C=O) groups excluding carboxylic acids is 2. The minimum atomic E-state index is -0.0796. The number of rotatable bonds is 6. The van der Waals surface area contributed by atoms with Crippen molar-refractivity contribution in [2.75, 3.05) is 12.4 Å². The highest BCUT2D eigenvalue weighted by atomic mass is 16.5. The maximum atomic E-state index is 12.6. The molecule has 1 unspecified atom stereocenters. The number of anilines is 1. The summed E-state index contributed by atoms with van der Waals surface area (Å²) >= 11 is 0. The molecule has 1 aliphatic carbocycles. The summed E-state index contributed by atoms with van der Waals surface area (Å²) in [6.07, 6.45) is 2.22. The molecule has 1 aliphatic rings. The van der Waals surface area contributed by atoms with Gasteiger partial charge in [-0.1, -0.05) is 37.3 Å². The zero-order valence-electron chi connectivity index (χ0n) is 13.9. The van der Waals surface area contributed by atoms with Crippen molar-refractivity contribution in [2.24, 2.45) is 11.8 Å². The van der Waals surface area contributed by atoms with Crippen LogP contribution in [0.15, 0.2) is 48.5 Å². The molecule has 0 spiro atoms. The zero-order chi connectivity index (χ0) is 17.1. The molecule has 1 amide bonds. The first-order chi connectivity index (χ1) is 11.6. The molecular formula is C20H21NO3. The standard InChI is InChI=1S/C20H21NO3/c1-13(14-8-9-14)20(23)21-17-12-16(10-11-18(17)24-2)19(22)15-6-4-3-5-7-15/h3-7,10-14H,8-9H2,1-2H3,(H,21,23). The summed E-state index contributed by atoms with van der Waals surface area (Å²) < 4.78 is 5.32. The van der Waals surface area contributed by atoms with Gasteiger partial charge in [0.1, 0.15) is 5.75 Å². The van der Waals surface area contributed by atoms with Gasteiger partial charge in [-0.3, -0.25) is 9.59 Å². The monoisotopic (exact) mass is 323 g/mol. The Labute approximate surface area is 141 Å². The quantitative estimate of drug-likeness (QED) is 0.820. The highest BCUT2D eigenvalue weighted by Gasteiger charge is 2.32. The lowest BCUT2D eigenvalue weighted by Crippen LogP contribution is -2.22.